The van der Waals surface area contributed by atoms with Crippen molar-refractivity contribution in [2.45, 2.75) is 25.9 Å². The fourth-order valence-electron chi connectivity index (χ4n) is 1.41. The number of hydrogen-bond donors (Lipinski definition) is 0. The SMILES string of the molecule is ClS(Cl)(Cl)CCCCCOCc1ccccc1. The van der Waals surface area contributed by atoms with Gasteiger partial charge in [-0.3, -0.25) is 0 Å². The van der Waals surface area contributed by atoms with Crippen molar-refractivity contribution in [3.63, 3.8) is 0 Å². The van der Waals surface area contributed by atoms with E-state index in [-0.39, 0.29) is 0 Å². The van der Waals surface area contributed by atoms with Crippen molar-refractivity contribution in [1.82, 2.24) is 0 Å². The van der Waals surface area contributed by atoms with Crippen LogP contribution in [-0.2, 0) is 11.3 Å². The zero-order valence-electron chi connectivity index (χ0n) is 9.58. The standard InChI is InChI=1S/C12H17Cl3OS/c13-17(14,15)10-6-2-5-9-16-11-12-7-3-1-4-8-12/h1,3-4,7-8H,2,5-6,9-11H2. The summed E-state index contributed by atoms with van der Waals surface area (Å²) in [5.41, 5.74) is 1.21. The van der Waals surface area contributed by atoms with Gasteiger partial charge in [0, 0.05) is 12.4 Å². The molecule has 0 atom stereocenters. The van der Waals surface area contributed by atoms with Crippen molar-refractivity contribution in [1.29, 1.82) is 0 Å². The minimum Gasteiger partial charge on any atom is -0.377 e. The van der Waals surface area contributed by atoms with E-state index >= 15 is 0 Å². The third kappa shape index (κ3) is 9.04. The molecular formula is C12H17Cl3OS. The van der Waals surface area contributed by atoms with Gasteiger partial charge < -0.3 is 4.74 Å². The number of halogens is 3. The molecule has 1 aromatic carbocycles. The van der Waals surface area contributed by atoms with Gasteiger partial charge in [0.2, 0.25) is 0 Å². The maximum Gasteiger partial charge on any atom is 0.0716 e. The van der Waals surface area contributed by atoms with E-state index in [4.69, 9.17) is 36.8 Å². The van der Waals surface area contributed by atoms with Crippen LogP contribution < -0.4 is 0 Å². The molecule has 0 aliphatic rings. The summed E-state index contributed by atoms with van der Waals surface area (Å²) in [6, 6.07) is 10.2. The molecule has 0 amide bonds. The first-order valence-electron chi connectivity index (χ1n) is 5.59. The van der Waals surface area contributed by atoms with Crippen molar-refractivity contribution in [2.24, 2.45) is 0 Å². The zero-order chi connectivity index (χ0) is 12.6. The van der Waals surface area contributed by atoms with Crippen molar-refractivity contribution >= 4 is 39.7 Å². The van der Waals surface area contributed by atoms with Crippen LogP contribution in [0, 0.1) is 0 Å². The minimum atomic E-state index is -1.88. The highest BCUT2D eigenvalue weighted by molar-refractivity contribution is 8.79. The van der Waals surface area contributed by atoms with Crippen molar-refractivity contribution in [2.75, 3.05) is 12.4 Å². The highest BCUT2D eigenvalue weighted by Crippen LogP contribution is 2.63. The summed E-state index contributed by atoms with van der Waals surface area (Å²) in [5, 5.41) is 0. The number of hydrogen-bond acceptors (Lipinski definition) is 1. The quantitative estimate of drug-likeness (QED) is 0.564. The molecule has 1 nitrogen and oxygen atoms in total. The molecule has 17 heavy (non-hydrogen) atoms. The van der Waals surface area contributed by atoms with Crippen LogP contribution in [0.1, 0.15) is 24.8 Å². The van der Waals surface area contributed by atoms with E-state index in [1.165, 1.54) is 5.56 Å². The average Bonchev–Trinajstić information content (AvgIpc) is 2.28. The zero-order valence-corrected chi connectivity index (χ0v) is 12.7. The fourth-order valence-corrected chi connectivity index (χ4v) is 2.92. The van der Waals surface area contributed by atoms with E-state index in [2.05, 4.69) is 12.1 Å². The van der Waals surface area contributed by atoms with Crippen LogP contribution in [0.2, 0.25) is 0 Å². The molecule has 0 saturated heterocycles. The van der Waals surface area contributed by atoms with Gasteiger partial charge in [0.1, 0.15) is 0 Å². The smallest absolute Gasteiger partial charge is 0.0716 e. The number of unbranched alkanes of at least 4 members (excludes halogenated alkanes) is 2. The largest absolute Gasteiger partial charge is 0.377 e. The first kappa shape index (κ1) is 15.5. The Morgan fingerprint density at radius 1 is 0.941 bits per heavy atom. The molecule has 1 rings (SSSR count). The van der Waals surface area contributed by atoms with Gasteiger partial charge in [-0.2, -0.15) is 0 Å². The van der Waals surface area contributed by atoms with Crippen LogP contribution >= 0.6 is 39.7 Å². The summed E-state index contributed by atoms with van der Waals surface area (Å²) in [6.45, 7) is 1.45. The van der Waals surface area contributed by atoms with E-state index in [9.17, 15) is 0 Å². The average molecular weight is 316 g/mol. The van der Waals surface area contributed by atoms with Crippen LogP contribution in [-0.4, -0.2) is 12.4 Å². The molecule has 0 aromatic heterocycles. The Kier molecular flexibility index (Phi) is 7.72. The Labute approximate surface area is 118 Å². The Balaban J connectivity index is 1.95. The maximum absolute atomic E-state index is 5.74. The van der Waals surface area contributed by atoms with E-state index in [1.807, 2.05) is 18.2 Å². The van der Waals surface area contributed by atoms with Gasteiger partial charge in [-0.25, -0.2) is 0 Å². The predicted molar refractivity (Wildman–Crippen MR) is 80.0 cm³/mol. The second-order valence-corrected chi connectivity index (χ2v) is 11.4. The molecule has 0 bridgehead atoms. The summed E-state index contributed by atoms with van der Waals surface area (Å²) in [4.78, 5) is 0. The van der Waals surface area contributed by atoms with E-state index in [0.29, 0.717) is 12.4 Å². The molecule has 0 fully saturated rings. The molecule has 0 saturated carbocycles. The van der Waals surface area contributed by atoms with Gasteiger partial charge in [0.15, 0.2) is 0 Å². The van der Waals surface area contributed by atoms with Crippen LogP contribution in [0.25, 0.3) is 0 Å². The van der Waals surface area contributed by atoms with Crippen LogP contribution in [0.15, 0.2) is 30.3 Å². The first-order chi connectivity index (χ1) is 8.08. The van der Waals surface area contributed by atoms with E-state index in [0.717, 1.165) is 25.9 Å². The lowest BCUT2D eigenvalue weighted by Crippen LogP contribution is -1.96. The van der Waals surface area contributed by atoms with Gasteiger partial charge in [-0.15, -0.1) is 0 Å². The summed E-state index contributed by atoms with van der Waals surface area (Å²) in [7, 11) is 15.3. The monoisotopic (exact) mass is 314 g/mol. The minimum absolute atomic E-state index is 0.677. The highest BCUT2D eigenvalue weighted by Gasteiger charge is 2.11. The van der Waals surface area contributed by atoms with E-state index < -0.39 is 7.67 Å². The Hall–Kier alpha value is 0.400. The molecule has 1 aromatic rings. The van der Waals surface area contributed by atoms with E-state index in [1.54, 1.807) is 0 Å². The maximum atomic E-state index is 5.74. The van der Waals surface area contributed by atoms with Crippen molar-refractivity contribution in [3.8, 4) is 0 Å². The normalized spacial score (nSPS) is 12.6. The molecule has 0 N–H and O–H groups in total. The molecule has 0 unspecified atom stereocenters. The Morgan fingerprint density at radius 2 is 1.65 bits per heavy atom. The molecule has 0 heterocycles. The van der Waals surface area contributed by atoms with Gasteiger partial charge in [-0.1, -0.05) is 36.8 Å². The molecule has 5 heteroatoms. The topological polar surface area (TPSA) is 9.23 Å². The number of rotatable bonds is 8. The third-order valence-electron chi connectivity index (χ3n) is 2.28. The molecule has 0 aliphatic heterocycles. The van der Waals surface area contributed by atoms with Crippen molar-refractivity contribution < 1.29 is 4.74 Å². The Morgan fingerprint density at radius 3 is 2.29 bits per heavy atom. The second kappa shape index (κ2) is 8.49. The van der Waals surface area contributed by atoms with Crippen LogP contribution in [0.3, 0.4) is 0 Å². The van der Waals surface area contributed by atoms with Crippen LogP contribution in [0.5, 0.6) is 0 Å². The summed E-state index contributed by atoms with van der Waals surface area (Å²) in [6.07, 6.45) is 3.03. The molecular weight excluding hydrogens is 299 g/mol. The summed E-state index contributed by atoms with van der Waals surface area (Å²) >= 11 is 0. The predicted octanol–water partition coefficient (Wildman–Crippen LogP) is 5.64. The lowest BCUT2D eigenvalue weighted by atomic mass is 10.2. The molecule has 0 spiro atoms. The molecule has 0 aliphatic carbocycles. The Bertz CT molecular complexity index is 300. The second-order valence-electron chi connectivity index (χ2n) is 3.81. The third-order valence-corrected chi connectivity index (χ3v) is 4.42. The molecule has 98 valence electrons. The molecule has 0 radical (unpaired) electrons. The van der Waals surface area contributed by atoms with Gasteiger partial charge in [0.25, 0.3) is 0 Å². The van der Waals surface area contributed by atoms with Gasteiger partial charge in [0.05, 0.1) is 6.61 Å². The highest BCUT2D eigenvalue weighted by atomic mass is 36.2. The van der Waals surface area contributed by atoms with Crippen molar-refractivity contribution in [3.05, 3.63) is 35.9 Å². The number of ether oxygens (including phenoxy) is 1. The van der Waals surface area contributed by atoms with Gasteiger partial charge in [-0.05, 0) is 58.1 Å². The lowest BCUT2D eigenvalue weighted by Gasteiger charge is -2.14. The number of benzene rings is 1. The fraction of sp³-hybridized carbons (Fsp3) is 0.500. The van der Waals surface area contributed by atoms with Crippen LogP contribution in [0.4, 0.5) is 0 Å². The van der Waals surface area contributed by atoms with Gasteiger partial charge >= 0.3 is 0 Å². The summed E-state index contributed by atoms with van der Waals surface area (Å²) < 4.78 is 5.56. The first-order valence-corrected chi connectivity index (χ1v) is 9.87. The lowest BCUT2D eigenvalue weighted by molar-refractivity contribution is 0.117. The summed E-state index contributed by atoms with van der Waals surface area (Å²) in [5.74, 6) is 0.691.